The third kappa shape index (κ3) is 2.97. The number of anilines is 1. The van der Waals surface area contributed by atoms with Crippen molar-refractivity contribution in [2.24, 2.45) is 14.1 Å². The lowest BCUT2D eigenvalue weighted by Gasteiger charge is -2.05. The second-order valence-corrected chi connectivity index (χ2v) is 5.15. The van der Waals surface area contributed by atoms with Gasteiger partial charge in [0.1, 0.15) is 13.0 Å². The lowest BCUT2D eigenvalue weighted by atomic mass is 10.1. The van der Waals surface area contributed by atoms with E-state index in [-0.39, 0.29) is 5.43 Å². The van der Waals surface area contributed by atoms with Crippen LogP contribution in [0.5, 0.6) is 0 Å². The molecule has 1 aromatic carbocycles. The molecule has 0 unspecified atom stereocenters. The first kappa shape index (κ1) is 17.5. The zero-order valence-electron chi connectivity index (χ0n) is 13.1. The molecule has 2 aromatic heterocycles. The van der Waals surface area contributed by atoms with E-state index < -0.39 is 12.1 Å². The predicted octanol–water partition coefficient (Wildman–Crippen LogP) is 0.294. The van der Waals surface area contributed by atoms with Crippen molar-refractivity contribution in [3.63, 3.8) is 0 Å². The molecule has 0 radical (unpaired) electrons. The van der Waals surface area contributed by atoms with Gasteiger partial charge in [0.25, 0.3) is 10.9 Å². The fourth-order valence-electron chi connectivity index (χ4n) is 2.46. The van der Waals surface area contributed by atoms with E-state index in [0.29, 0.717) is 5.69 Å². The van der Waals surface area contributed by atoms with Crippen LogP contribution >= 0.6 is 0 Å². The van der Waals surface area contributed by atoms with Crippen LogP contribution in [0, 0.1) is 0 Å². The molecule has 3 aromatic rings. The molecule has 24 heavy (non-hydrogen) atoms. The van der Waals surface area contributed by atoms with Gasteiger partial charge in [0.15, 0.2) is 6.20 Å². The Bertz CT molecular complexity index is 964. The highest BCUT2D eigenvalue weighted by Crippen LogP contribution is 2.24. The average molecular weight is 341 g/mol. The van der Waals surface area contributed by atoms with Crippen molar-refractivity contribution in [3.05, 3.63) is 34.7 Å². The fourth-order valence-corrected chi connectivity index (χ4v) is 2.46. The minimum Gasteiger partial charge on any atom is -0.542 e. The van der Waals surface area contributed by atoms with E-state index in [4.69, 9.17) is 9.90 Å². The number of nitrogens with zero attached hydrogens (tertiary/aromatic N) is 2. The van der Waals surface area contributed by atoms with Gasteiger partial charge in [0.05, 0.1) is 22.0 Å². The number of carbonyl (C=O) groups is 1. The Balaban J connectivity index is 0.000000256. The summed E-state index contributed by atoms with van der Waals surface area (Å²) in [5.74, 6) is -3.01. The van der Waals surface area contributed by atoms with Gasteiger partial charge >= 0.3 is 6.18 Å². The molecule has 6 nitrogen and oxygen atoms in total. The van der Waals surface area contributed by atoms with Crippen molar-refractivity contribution >= 4 is 33.5 Å². The number of carbonyl (C=O) groups excluding carboxylic acids is 1. The fraction of sp³-hybridized carbons (Fsp3) is 0.267. The Labute approximate surface area is 134 Å². The molecule has 3 rings (SSSR count). The van der Waals surface area contributed by atoms with E-state index in [1.54, 1.807) is 7.05 Å². The minimum atomic E-state index is -5.19. The summed E-state index contributed by atoms with van der Waals surface area (Å²) < 4.78 is 35.5. The van der Waals surface area contributed by atoms with Crippen molar-refractivity contribution in [1.82, 2.24) is 4.57 Å². The van der Waals surface area contributed by atoms with Crippen molar-refractivity contribution in [2.45, 2.75) is 6.18 Å². The van der Waals surface area contributed by atoms with Gasteiger partial charge < -0.3 is 19.8 Å². The minimum absolute atomic E-state index is 0.0590. The normalized spacial score (nSPS) is 11.4. The highest BCUT2D eigenvalue weighted by atomic mass is 19.4. The van der Waals surface area contributed by atoms with Gasteiger partial charge in [-0.05, 0) is 12.1 Å². The average Bonchev–Trinajstić information content (AvgIpc) is 2.82. The molecule has 2 heterocycles. The van der Waals surface area contributed by atoms with Crippen LogP contribution in [-0.4, -0.2) is 23.8 Å². The van der Waals surface area contributed by atoms with Gasteiger partial charge in [-0.3, -0.25) is 4.79 Å². The Morgan fingerprint density at radius 2 is 1.96 bits per heavy atom. The lowest BCUT2D eigenvalue weighted by molar-refractivity contribution is -0.642. The van der Waals surface area contributed by atoms with Gasteiger partial charge in [-0.15, -0.1) is 0 Å². The van der Waals surface area contributed by atoms with Crippen molar-refractivity contribution in [1.29, 1.82) is 0 Å². The molecule has 0 atom stereocenters. The summed E-state index contributed by atoms with van der Waals surface area (Å²) in [6.45, 7) is 0. The summed E-state index contributed by atoms with van der Waals surface area (Å²) in [7, 11) is 5.68. The molecule has 0 aliphatic carbocycles. The summed E-state index contributed by atoms with van der Waals surface area (Å²) in [5.41, 5.74) is 2.53. The van der Waals surface area contributed by atoms with Crippen molar-refractivity contribution < 1.29 is 27.6 Å². The number of aryl methyl sites for hydroxylation is 2. The van der Waals surface area contributed by atoms with E-state index in [2.05, 4.69) is 5.32 Å². The molecule has 0 bridgehead atoms. The molecular formula is C15H14F3N3O3. The van der Waals surface area contributed by atoms with Crippen LogP contribution in [0.2, 0.25) is 0 Å². The molecule has 0 fully saturated rings. The quantitative estimate of drug-likeness (QED) is 0.646. The van der Waals surface area contributed by atoms with Crippen LogP contribution in [0.4, 0.5) is 18.9 Å². The predicted molar refractivity (Wildman–Crippen MR) is 79.7 cm³/mol. The number of pyridine rings is 1. The molecule has 0 aliphatic heterocycles. The maximum atomic E-state index is 12.3. The number of aromatic nitrogens is 2. The molecule has 1 N–H and O–H groups in total. The summed E-state index contributed by atoms with van der Waals surface area (Å²) in [4.78, 5) is 21.1. The molecule has 0 saturated heterocycles. The Morgan fingerprint density at radius 3 is 2.46 bits per heavy atom. The van der Waals surface area contributed by atoms with Gasteiger partial charge in [0, 0.05) is 20.3 Å². The van der Waals surface area contributed by atoms with Crippen molar-refractivity contribution in [2.75, 3.05) is 12.4 Å². The first-order valence-corrected chi connectivity index (χ1v) is 6.78. The number of hydrogen-bond donors (Lipinski definition) is 1. The topological polar surface area (TPSA) is 78.0 Å². The molecule has 128 valence electrons. The highest BCUT2D eigenvalue weighted by molar-refractivity contribution is 6.07. The second-order valence-electron chi connectivity index (χ2n) is 5.15. The standard InChI is InChI=1S/C13H13N3O.C2HF3O2/c1-14-9-6-10-11-8(4-5-15(10)2)7-16(3)12(11)13(9)17;3-2(4,5)1(6)7/h4-7H,1-3H3;(H,6,7). The van der Waals surface area contributed by atoms with E-state index in [1.165, 1.54) is 0 Å². The molecule has 0 amide bonds. The molecular weight excluding hydrogens is 327 g/mol. The van der Waals surface area contributed by atoms with E-state index in [0.717, 1.165) is 21.8 Å². The zero-order valence-corrected chi connectivity index (χ0v) is 13.1. The number of benzene rings is 1. The largest absolute Gasteiger partial charge is 0.542 e. The lowest BCUT2D eigenvalue weighted by Crippen LogP contribution is -2.37. The summed E-state index contributed by atoms with van der Waals surface area (Å²) in [5, 5.41) is 13.9. The first-order valence-electron chi connectivity index (χ1n) is 6.78. The van der Waals surface area contributed by atoms with E-state index >= 15 is 0 Å². The van der Waals surface area contributed by atoms with Gasteiger partial charge in [-0.25, -0.2) is 0 Å². The SMILES string of the molecule is CNc1cc2c3c(ccn2C)c[n+](C)c3c1=O.O=C([O-])C(F)(F)F. The number of carboxylic acids is 1. The Hall–Kier alpha value is -2.84. The van der Waals surface area contributed by atoms with Crippen LogP contribution in [0.1, 0.15) is 0 Å². The van der Waals surface area contributed by atoms with Gasteiger partial charge in [-0.1, -0.05) is 0 Å². The third-order valence-electron chi connectivity index (χ3n) is 3.57. The zero-order chi connectivity index (χ0) is 18.2. The Kier molecular flexibility index (Phi) is 4.37. The number of aliphatic carboxylic acids is 1. The number of alkyl halides is 3. The van der Waals surface area contributed by atoms with Crippen LogP contribution in [-0.2, 0) is 18.9 Å². The molecule has 0 aliphatic rings. The highest BCUT2D eigenvalue weighted by Gasteiger charge is 2.28. The first-order chi connectivity index (χ1) is 11.1. The smallest absolute Gasteiger partial charge is 0.430 e. The van der Waals surface area contributed by atoms with E-state index in [9.17, 15) is 18.0 Å². The number of rotatable bonds is 1. The van der Waals surface area contributed by atoms with Gasteiger partial charge in [-0.2, -0.15) is 17.7 Å². The number of halogens is 3. The summed E-state index contributed by atoms with van der Waals surface area (Å²) >= 11 is 0. The monoisotopic (exact) mass is 341 g/mol. The van der Waals surface area contributed by atoms with Crippen LogP contribution < -0.4 is 20.4 Å². The number of carboxylic acid groups (broad SMARTS) is 1. The summed E-state index contributed by atoms with van der Waals surface area (Å²) in [6.07, 6.45) is -1.18. The maximum Gasteiger partial charge on any atom is 0.430 e. The van der Waals surface area contributed by atoms with Crippen LogP contribution in [0.25, 0.3) is 21.8 Å². The second kappa shape index (κ2) is 5.99. The Morgan fingerprint density at radius 1 is 1.38 bits per heavy atom. The third-order valence-corrected chi connectivity index (χ3v) is 3.57. The molecule has 9 heteroatoms. The number of hydrogen-bond acceptors (Lipinski definition) is 4. The van der Waals surface area contributed by atoms with Gasteiger partial charge in [0.2, 0.25) is 0 Å². The van der Waals surface area contributed by atoms with Crippen LogP contribution in [0.3, 0.4) is 0 Å². The maximum absolute atomic E-state index is 12.3. The molecule has 0 spiro atoms. The summed E-state index contributed by atoms with van der Waals surface area (Å²) in [6, 6.07) is 3.95. The molecule has 0 saturated carbocycles. The van der Waals surface area contributed by atoms with E-state index in [1.807, 2.05) is 47.8 Å². The van der Waals surface area contributed by atoms with Crippen molar-refractivity contribution in [3.8, 4) is 0 Å². The van der Waals surface area contributed by atoms with Crippen LogP contribution in [0.15, 0.2) is 29.3 Å². The number of nitrogens with one attached hydrogen (secondary N) is 1.